The maximum atomic E-state index is 12.2. The van der Waals surface area contributed by atoms with E-state index < -0.39 is 0 Å². The quantitative estimate of drug-likeness (QED) is 0.887. The van der Waals surface area contributed by atoms with Gasteiger partial charge in [0.05, 0.1) is 18.0 Å². The van der Waals surface area contributed by atoms with Gasteiger partial charge >= 0.3 is 12.1 Å². The first-order chi connectivity index (χ1) is 11.5. The molecule has 0 radical (unpaired) electrons. The van der Waals surface area contributed by atoms with E-state index in [4.69, 9.17) is 4.74 Å². The number of rotatable bonds is 4. The Morgan fingerprint density at radius 2 is 1.92 bits per heavy atom. The average molecular weight is 334 g/mol. The summed E-state index contributed by atoms with van der Waals surface area (Å²) < 4.78 is 4.99. The molecule has 0 spiro atoms. The molecule has 0 aliphatic carbocycles. The van der Waals surface area contributed by atoms with Gasteiger partial charge in [-0.2, -0.15) is 0 Å². The van der Waals surface area contributed by atoms with Crippen molar-refractivity contribution in [3.8, 4) is 0 Å². The Bertz CT molecular complexity index is 569. The second-order valence-corrected chi connectivity index (χ2v) is 5.97. The van der Waals surface area contributed by atoms with Gasteiger partial charge in [0.25, 0.3) is 0 Å². The molecule has 0 unspecified atom stereocenters. The molecule has 24 heavy (non-hydrogen) atoms. The van der Waals surface area contributed by atoms with Crippen LogP contribution in [-0.2, 0) is 4.74 Å². The van der Waals surface area contributed by atoms with Crippen LogP contribution in [0.15, 0.2) is 24.3 Å². The highest BCUT2D eigenvalue weighted by Gasteiger charge is 2.24. The van der Waals surface area contributed by atoms with Gasteiger partial charge < -0.3 is 25.2 Å². The lowest BCUT2D eigenvalue weighted by Gasteiger charge is -2.31. The van der Waals surface area contributed by atoms with E-state index in [0.717, 1.165) is 24.2 Å². The third kappa shape index (κ3) is 4.78. The number of carbonyl (C=O) groups is 2. The highest BCUT2D eigenvalue weighted by Crippen LogP contribution is 2.23. The van der Waals surface area contributed by atoms with Crippen molar-refractivity contribution in [2.75, 3.05) is 44.0 Å². The number of amides is 3. The van der Waals surface area contributed by atoms with E-state index in [-0.39, 0.29) is 18.2 Å². The van der Waals surface area contributed by atoms with Crippen LogP contribution in [0.25, 0.3) is 0 Å². The number of hydrogen-bond donors (Lipinski definition) is 2. The van der Waals surface area contributed by atoms with Crippen LogP contribution in [0.4, 0.5) is 21.0 Å². The average Bonchev–Trinajstić information content (AvgIpc) is 2.56. The Balaban J connectivity index is 1.83. The summed E-state index contributed by atoms with van der Waals surface area (Å²) in [5.41, 5.74) is 1.72. The van der Waals surface area contributed by atoms with Gasteiger partial charge in [0, 0.05) is 33.2 Å². The van der Waals surface area contributed by atoms with E-state index in [2.05, 4.69) is 10.6 Å². The molecule has 1 aromatic rings. The molecule has 1 aromatic carbocycles. The number of anilines is 2. The Hall–Kier alpha value is -2.44. The van der Waals surface area contributed by atoms with Crippen LogP contribution in [-0.4, -0.2) is 56.9 Å². The summed E-state index contributed by atoms with van der Waals surface area (Å²) in [6, 6.07) is 7.48. The topological polar surface area (TPSA) is 73.9 Å². The lowest BCUT2D eigenvalue weighted by molar-refractivity contribution is 0.0959. The van der Waals surface area contributed by atoms with Crippen LogP contribution in [0, 0.1) is 0 Å². The number of carbonyl (C=O) groups excluding carboxylic acids is 2. The molecule has 0 aromatic heterocycles. The third-order valence-electron chi connectivity index (χ3n) is 3.99. The minimum atomic E-state index is -0.277. The Morgan fingerprint density at radius 1 is 1.25 bits per heavy atom. The van der Waals surface area contributed by atoms with Crippen LogP contribution in [0.5, 0.6) is 0 Å². The molecule has 1 heterocycles. The SMILES string of the molecule is CCOC(=O)N1CCC(NC(=O)Nc2ccccc2N(C)C)CC1. The highest BCUT2D eigenvalue weighted by atomic mass is 16.6. The van der Waals surface area contributed by atoms with E-state index in [1.165, 1.54) is 0 Å². The number of likely N-dealkylation sites (tertiary alicyclic amines) is 1. The molecule has 2 rings (SSSR count). The Kier molecular flexibility index (Phi) is 6.28. The van der Waals surface area contributed by atoms with Crippen molar-refractivity contribution in [1.82, 2.24) is 10.2 Å². The highest BCUT2D eigenvalue weighted by molar-refractivity contribution is 5.93. The number of para-hydroxylation sites is 2. The molecule has 1 aliphatic heterocycles. The van der Waals surface area contributed by atoms with Crippen molar-refractivity contribution in [2.45, 2.75) is 25.8 Å². The maximum Gasteiger partial charge on any atom is 0.409 e. The summed E-state index contributed by atoms with van der Waals surface area (Å²) in [4.78, 5) is 27.5. The molecule has 1 aliphatic rings. The van der Waals surface area contributed by atoms with Gasteiger partial charge in [0.1, 0.15) is 0 Å². The van der Waals surface area contributed by atoms with Crippen molar-refractivity contribution in [3.63, 3.8) is 0 Å². The Morgan fingerprint density at radius 3 is 2.54 bits per heavy atom. The second kappa shape index (κ2) is 8.42. The number of piperidine rings is 1. The van der Waals surface area contributed by atoms with Crippen molar-refractivity contribution in [3.05, 3.63) is 24.3 Å². The summed E-state index contributed by atoms with van der Waals surface area (Å²) in [6.45, 7) is 3.36. The van der Waals surface area contributed by atoms with Crippen LogP contribution < -0.4 is 15.5 Å². The fraction of sp³-hybridized carbons (Fsp3) is 0.529. The van der Waals surface area contributed by atoms with Crippen LogP contribution in [0.3, 0.4) is 0 Å². The van der Waals surface area contributed by atoms with Crippen LogP contribution in [0.2, 0.25) is 0 Å². The molecule has 0 bridgehead atoms. The van der Waals surface area contributed by atoms with Gasteiger partial charge in [-0.05, 0) is 31.9 Å². The summed E-state index contributed by atoms with van der Waals surface area (Å²) in [6.07, 6.45) is 1.17. The van der Waals surface area contributed by atoms with Crippen LogP contribution >= 0.6 is 0 Å². The maximum absolute atomic E-state index is 12.2. The predicted molar refractivity (Wildman–Crippen MR) is 94.5 cm³/mol. The molecule has 132 valence electrons. The molecule has 3 amide bonds. The lowest BCUT2D eigenvalue weighted by atomic mass is 10.1. The van der Waals surface area contributed by atoms with Gasteiger partial charge in [0.2, 0.25) is 0 Å². The monoisotopic (exact) mass is 334 g/mol. The largest absolute Gasteiger partial charge is 0.450 e. The normalized spacial score (nSPS) is 14.9. The predicted octanol–water partition coefficient (Wildman–Crippen LogP) is 2.50. The van der Waals surface area contributed by atoms with E-state index >= 15 is 0 Å². The molecule has 0 atom stereocenters. The van der Waals surface area contributed by atoms with Crippen molar-refractivity contribution < 1.29 is 14.3 Å². The van der Waals surface area contributed by atoms with Gasteiger partial charge in [-0.3, -0.25) is 0 Å². The van der Waals surface area contributed by atoms with Crippen molar-refractivity contribution in [2.24, 2.45) is 0 Å². The third-order valence-corrected chi connectivity index (χ3v) is 3.99. The molecular formula is C17H26N4O3. The van der Waals surface area contributed by atoms with E-state index in [9.17, 15) is 9.59 Å². The molecule has 0 saturated carbocycles. The number of urea groups is 1. The Labute approximate surface area is 142 Å². The zero-order chi connectivity index (χ0) is 17.5. The summed E-state index contributed by atoms with van der Waals surface area (Å²) in [5.74, 6) is 0. The first-order valence-corrected chi connectivity index (χ1v) is 8.26. The fourth-order valence-electron chi connectivity index (χ4n) is 2.73. The zero-order valence-corrected chi connectivity index (χ0v) is 14.5. The number of benzene rings is 1. The summed E-state index contributed by atoms with van der Waals surface area (Å²) >= 11 is 0. The minimum absolute atomic E-state index is 0.0576. The molecule has 1 saturated heterocycles. The summed E-state index contributed by atoms with van der Waals surface area (Å²) in [5, 5.41) is 5.87. The van der Waals surface area contributed by atoms with Gasteiger partial charge in [0.15, 0.2) is 0 Å². The minimum Gasteiger partial charge on any atom is -0.450 e. The smallest absolute Gasteiger partial charge is 0.409 e. The molecular weight excluding hydrogens is 308 g/mol. The lowest BCUT2D eigenvalue weighted by Crippen LogP contribution is -2.47. The van der Waals surface area contributed by atoms with Gasteiger partial charge in [-0.1, -0.05) is 12.1 Å². The molecule has 7 heteroatoms. The molecule has 2 N–H and O–H groups in total. The number of hydrogen-bond acceptors (Lipinski definition) is 4. The number of nitrogens with one attached hydrogen (secondary N) is 2. The van der Waals surface area contributed by atoms with Gasteiger partial charge in [-0.15, -0.1) is 0 Å². The van der Waals surface area contributed by atoms with Crippen LogP contribution in [0.1, 0.15) is 19.8 Å². The van der Waals surface area contributed by atoms with E-state index in [1.54, 1.807) is 11.8 Å². The molecule has 7 nitrogen and oxygen atoms in total. The zero-order valence-electron chi connectivity index (χ0n) is 14.5. The van der Waals surface area contributed by atoms with Crippen molar-refractivity contribution in [1.29, 1.82) is 0 Å². The fourth-order valence-corrected chi connectivity index (χ4v) is 2.73. The summed E-state index contributed by atoms with van der Waals surface area (Å²) in [7, 11) is 3.87. The molecule has 1 fully saturated rings. The van der Waals surface area contributed by atoms with E-state index in [0.29, 0.717) is 19.7 Å². The van der Waals surface area contributed by atoms with Gasteiger partial charge in [-0.25, -0.2) is 9.59 Å². The first-order valence-electron chi connectivity index (χ1n) is 8.26. The second-order valence-electron chi connectivity index (χ2n) is 5.97. The van der Waals surface area contributed by atoms with E-state index in [1.807, 2.05) is 43.3 Å². The number of nitrogens with zero attached hydrogens (tertiary/aromatic N) is 2. The standard InChI is InChI=1S/C17H26N4O3/c1-4-24-17(23)21-11-9-13(10-12-21)18-16(22)19-14-7-5-6-8-15(14)20(2)3/h5-8,13H,4,9-12H2,1-3H3,(H2,18,19,22). The first kappa shape index (κ1) is 17.9. The number of ether oxygens (including phenoxy) is 1. The van der Waals surface area contributed by atoms with Crippen molar-refractivity contribution >= 4 is 23.5 Å².